The minimum atomic E-state index is -3.09. The van der Waals surface area contributed by atoms with Gasteiger partial charge in [0.1, 0.15) is 15.7 Å². The number of aryl methyl sites for hydroxylation is 1. The van der Waals surface area contributed by atoms with Gasteiger partial charge in [0, 0.05) is 48.6 Å². The molecule has 0 fully saturated rings. The van der Waals surface area contributed by atoms with E-state index in [2.05, 4.69) is 20.4 Å². The predicted octanol–water partition coefficient (Wildman–Crippen LogP) is 1.93. The van der Waals surface area contributed by atoms with Crippen LogP contribution in [0.1, 0.15) is 0 Å². The lowest BCUT2D eigenvalue weighted by atomic mass is 10.0. The van der Waals surface area contributed by atoms with Crippen LogP contribution in [0.2, 0.25) is 0 Å². The largest absolute Gasteiger partial charge is 0.369 e. The summed E-state index contributed by atoms with van der Waals surface area (Å²) in [4.78, 5) is 19.7. The van der Waals surface area contributed by atoms with Gasteiger partial charge in [0.25, 0.3) is 5.56 Å². The lowest BCUT2D eigenvalue weighted by Gasteiger charge is -2.12. The van der Waals surface area contributed by atoms with E-state index >= 15 is 0 Å². The van der Waals surface area contributed by atoms with Crippen molar-refractivity contribution in [3.63, 3.8) is 0 Å². The fourth-order valence-electron chi connectivity index (χ4n) is 3.20. The second-order valence-corrected chi connectivity index (χ2v) is 9.01. The number of sulfone groups is 1. The third-order valence-corrected chi connectivity index (χ3v) is 5.46. The SMILES string of the molecule is Cn1cc(-c2ccc3c(NCCS(C)(=O)=O)nc4cc[nH]c(=O)c4c3c2)cn1. The number of pyridine rings is 2. The normalized spacial score (nSPS) is 11.9. The number of rotatable bonds is 5. The monoisotopic (exact) mass is 397 g/mol. The average molecular weight is 397 g/mol. The van der Waals surface area contributed by atoms with Crippen molar-refractivity contribution in [2.24, 2.45) is 7.05 Å². The molecule has 8 nitrogen and oxygen atoms in total. The van der Waals surface area contributed by atoms with Gasteiger partial charge in [0.2, 0.25) is 0 Å². The van der Waals surface area contributed by atoms with Gasteiger partial charge in [-0.1, -0.05) is 12.1 Å². The number of nitrogens with zero attached hydrogens (tertiary/aromatic N) is 3. The van der Waals surface area contributed by atoms with Gasteiger partial charge in [0.15, 0.2) is 0 Å². The van der Waals surface area contributed by atoms with E-state index in [1.54, 1.807) is 23.1 Å². The zero-order valence-electron chi connectivity index (χ0n) is 15.4. The summed E-state index contributed by atoms with van der Waals surface area (Å²) >= 11 is 0. The van der Waals surface area contributed by atoms with Crippen molar-refractivity contribution in [3.05, 3.63) is 53.2 Å². The molecule has 0 saturated heterocycles. The summed E-state index contributed by atoms with van der Waals surface area (Å²) < 4.78 is 24.6. The zero-order valence-corrected chi connectivity index (χ0v) is 16.2. The summed E-state index contributed by atoms with van der Waals surface area (Å²) in [6.45, 7) is 0.236. The van der Waals surface area contributed by atoms with Crippen LogP contribution < -0.4 is 10.9 Å². The number of H-pyrrole nitrogens is 1. The Morgan fingerprint density at radius 1 is 1.18 bits per heavy atom. The Kier molecular flexibility index (Phi) is 4.38. The lowest BCUT2D eigenvalue weighted by molar-refractivity contribution is 0.602. The molecule has 0 unspecified atom stereocenters. The first-order valence-corrected chi connectivity index (χ1v) is 10.7. The Morgan fingerprint density at radius 3 is 2.71 bits per heavy atom. The first-order valence-electron chi connectivity index (χ1n) is 8.67. The Bertz CT molecular complexity index is 1360. The fraction of sp³-hybridized carbons (Fsp3) is 0.211. The molecule has 0 aliphatic heterocycles. The van der Waals surface area contributed by atoms with Crippen molar-refractivity contribution in [2.75, 3.05) is 23.9 Å². The topological polar surface area (TPSA) is 110 Å². The zero-order chi connectivity index (χ0) is 19.9. The quantitative estimate of drug-likeness (QED) is 0.498. The van der Waals surface area contributed by atoms with Crippen molar-refractivity contribution in [3.8, 4) is 11.1 Å². The van der Waals surface area contributed by atoms with E-state index in [9.17, 15) is 13.2 Å². The van der Waals surface area contributed by atoms with E-state index < -0.39 is 9.84 Å². The van der Waals surface area contributed by atoms with Gasteiger partial charge in [-0.15, -0.1) is 0 Å². The van der Waals surface area contributed by atoms with E-state index in [1.807, 2.05) is 31.4 Å². The van der Waals surface area contributed by atoms with Gasteiger partial charge >= 0.3 is 0 Å². The van der Waals surface area contributed by atoms with E-state index in [4.69, 9.17) is 0 Å². The molecule has 0 aliphatic rings. The highest BCUT2D eigenvalue weighted by molar-refractivity contribution is 7.90. The third-order valence-electron chi connectivity index (χ3n) is 4.52. The molecule has 0 spiro atoms. The number of aromatic nitrogens is 4. The first-order chi connectivity index (χ1) is 13.3. The minimum Gasteiger partial charge on any atom is -0.369 e. The van der Waals surface area contributed by atoms with Crippen LogP contribution in [0.5, 0.6) is 0 Å². The van der Waals surface area contributed by atoms with Gasteiger partial charge in [-0.3, -0.25) is 9.48 Å². The van der Waals surface area contributed by atoms with Crippen molar-refractivity contribution in [1.82, 2.24) is 19.7 Å². The number of benzene rings is 1. The average Bonchev–Trinajstić information content (AvgIpc) is 3.06. The Labute approximate surface area is 161 Å². The number of nitrogens with one attached hydrogen (secondary N) is 2. The van der Waals surface area contributed by atoms with E-state index in [1.165, 1.54) is 6.26 Å². The molecule has 0 bridgehead atoms. The highest BCUT2D eigenvalue weighted by Crippen LogP contribution is 2.31. The Balaban J connectivity index is 1.91. The maximum absolute atomic E-state index is 12.5. The maximum atomic E-state index is 12.5. The molecule has 3 aromatic heterocycles. The number of hydrogen-bond acceptors (Lipinski definition) is 6. The van der Waals surface area contributed by atoms with Gasteiger partial charge < -0.3 is 10.3 Å². The van der Waals surface area contributed by atoms with E-state index in [0.717, 1.165) is 21.9 Å². The van der Waals surface area contributed by atoms with E-state index in [0.29, 0.717) is 16.7 Å². The summed E-state index contributed by atoms with van der Waals surface area (Å²) in [7, 11) is -1.25. The molecule has 0 radical (unpaired) electrons. The standard InChI is InChI=1S/C19H19N5O3S/c1-24-11-13(10-22-24)12-3-4-14-15(9-12)17-16(5-6-21-19(17)25)23-18(14)20-7-8-28(2,26)27/h3-6,9-11H,7-8H2,1-2H3,(H,20,23)(H,21,25). The number of aromatic amines is 1. The minimum absolute atomic E-state index is 0.00263. The molecule has 144 valence electrons. The van der Waals surface area contributed by atoms with Crippen LogP contribution in [-0.2, 0) is 16.9 Å². The molecular weight excluding hydrogens is 378 g/mol. The molecule has 0 aliphatic carbocycles. The van der Waals surface area contributed by atoms with Crippen LogP contribution in [0, 0.1) is 0 Å². The molecule has 9 heteroatoms. The molecule has 4 rings (SSSR count). The molecule has 4 aromatic rings. The highest BCUT2D eigenvalue weighted by atomic mass is 32.2. The van der Waals surface area contributed by atoms with Crippen LogP contribution in [-0.4, -0.2) is 46.7 Å². The van der Waals surface area contributed by atoms with Crippen molar-refractivity contribution < 1.29 is 8.42 Å². The molecular formula is C19H19N5O3S. The number of fused-ring (bicyclic) bond motifs is 3. The molecule has 28 heavy (non-hydrogen) atoms. The summed E-state index contributed by atoms with van der Waals surface area (Å²) in [5.41, 5.74) is 2.19. The molecule has 0 saturated carbocycles. The van der Waals surface area contributed by atoms with Crippen LogP contribution in [0.3, 0.4) is 0 Å². The number of hydrogen-bond donors (Lipinski definition) is 2. The van der Waals surface area contributed by atoms with Gasteiger partial charge in [0.05, 0.1) is 22.9 Å². The Morgan fingerprint density at radius 2 is 2.00 bits per heavy atom. The Hall–Kier alpha value is -3.20. The summed E-state index contributed by atoms with van der Waals surface area (Å²) in [5.74, 6) is 0.548. The van der Waals surface area contributed by atoms with Crippen molar-refractivity contribution in [1.29, 1.82) is 0 Å². The third kappa shape index (κ3) is 3.48. The number of anilines is 1. The lowest BCUT2D eigenvalue weighted by Crippen LogP contribution is -2.15. The predicted molar refractivity (Wildman–Crippen MR) is 110 cm³/mol. The fourth-order valence-corrected chi connectivity index (χ4v) is 3.67. The highest BCUT2D eigenvalue weighted by Gasteiger charge is 2.13. The van der Waals surface area contributed by atoms with Gasteiger partial charge in [-0.25, -0.2) is 13.4 Å². The van der Waals surface area contributed by atoms with Gasteiger partial charge in [-0.05, 0) is 17.7 Å². The molecule has 1 aromatic carbocycles. The molecule has 3 heterocycles. The molecule has 0 atom stereocenters. The maximum Gasteiger partial charge on any atom is 0.258 e. The van der Waals surface area contributed by atoms with Crippen molar-refractivity contribution >= 4 is 37.3 Å². The van der Waals surface area contributed by atoms with Crippen LogP contribution in [0.25, 0.3) is 32.8 Å². The molecule has 2 N–H and O–H groups in total. The van der Waals surface area contributed by atoms with Crippen LogP contribution in [0.15, 0.2) is 47.7 Å². The second kappa shape index (κ2) is 6.75. The second-order valence-electron chi connectivity index (χ2n) is 6.75. The summed E-state index contributed by atoms with van der Waals surface area (Å²) in [6, 6.07) is 7.49. The summed E-state index contributed by atoms with van der Waals surface area (Å²) in [5, 5.41) is 9.30. The summed E-state index contributed by atoms with van der Waals surface area (Å²) in [6.07, 6.45) is 6.41. The molecule has 0 amide bonds. The van der Waals surface area contributed by atoms with E-state index in [-0.39, 0.29) is 17.9 Å². The first kappa shape index (κ1) is 18.2. The van der Waals surface area contributed by atoms with Crippen LogP contribution in [0.4, 0.5) is 5.82 Å². The van der Waals surface area contributed by atoms with Crippen molar-refractivity contribution in [2.45, 2.75) is 0 Å². The smallest absolute Gasteiger partial charge is 0.258 e. The van der Waals surface area contributed by atoms with Crippen LogP contribution >= 0.6 is 0 Å². The van der Waals surface area contributed by atoms with Gasteiger partial charge in [-0.2, -0.15) is 5.10 Å².